The molecular formula is C27H25ClF2N4O. The second kappa shape index (κ2) is 10.1. The van der Waals surface area contributed by atoms with Crippen LogP contribution in [0.4, 0.5) is 14.5 Å². The molecule has 180 valence electrons. The molecule has 35 heavy (non-hydrogen) atoms. The maximum absolute atomic E-state index is 14.2. The number of halogens is 3. The molecule has 1 fully saturated rings. The van der Waals surface area contributed by atoms with Gasteiger partial charge in [0.15, 0.2) is 0 Å². The average Bonchev–Trinajstić information content (AvgIpc) is 3.31. The van der Waals surface area contributed by atoms with Crippen molar-refractivity contribution in [3.05, 3.63) is 101 Å². The van der Waals surface area contributed by atoms with Crippen LogP contribution in [-0.2, 0) is 4.79 Å². The number of anilines is 1. The van der Waals surface area contributed by atoms with Crippen LogP contribution < -0.4 is 4.90 Å². The van der Waals surface area contributed by atoms with Crippen LogP contribution in [-0.4, -0.2) is 54.3 Å². The van der Waals surface area contributed by atoms with Gasteiger partial charge in [0.1, 0.15) is 11.6 Å². The maximum atomic E-state index is 14.2. The van der Waals surface area contributed by atoms with Crippen molar-refractivity contribution in [2.75, 3.05) is 37.6 Å². The predicted octanol–water partition coefficient (Wildman–Crippen LogP) is 5.12. The van der Waals surface area contributed by atoms with Gasteiger partial charge in [0.2, 0.25) is 0 Å². The van der Waals surface area contributed by atoms with E-state index in [1.807, 2.05) is 40.1 Å². The summed E-state index contributed by atoms with van der Waals surface area (Å²) in [5.41, 5.74) is 2.73. The summed E-state index contributed by atoms with van der Waals surface area (Å²) in [6, 6.07) is 20.0. The fourth-order valence-electron chi connectivity index (χ4n) is 4.69. The van der Waals surface area contributed by atoms with Gasteiger partial charge in [0, 0.05) is 43.2 Å². The number of nitrogens with zero attached hydrogens (tertiary/aromatic N) is 4. The Labute approximate surface area is 208 Å². The lowest BCUT2D eigenvalue weighted by Gasteiger charge is -2.36. The van der Waals surface area contributed by atoms with E-state index >= 15 is 0 Å². The van der Waals surface area contributed by atoms with Crippen molar-refractivity contribution in [3.63, 3.8) is 0 Å². The lowest BCUT2D eigenvalue weighted by atomic mass is 9.98. The van der Waals surface area contributed by atoms with Gasteiger partial charge in [-0.1, -0.05) is 54.1 Å². The van der Waals surface area contributed by atoms with E-state index in [2.05, 4.69) is 5.10 Å². The normalized spacial score (nSPS) is 18.6. The van der Waals surface area contributed by atoms with Gasteiger partial charge >= 0.3 is 0 Å². The zero-order chi connectivity index (χ0) is 24.4. The molecule has 0 saturated carbocycles. The van der Waals surface area contributed by atoms with Crippen LogP contribution in [0, 0.1) is 11.6 Å². The zero-order valence-corrected chi connectivity index (χ0v) is 19.8. The second-order valence-corrected chi connectivity index (χ2v) is 9.16. The van der Waals surface area contributed by atoms with Crippen LogP contribution in [0.1, 0.15) is 23.6 Å². The summed E-state index contributed by atoms with van der Waals surface area (Å²) in [4.78, 5) is 17.5. The van der Waals surface area contributed by atoms with E-state index in [9.17, 15) is 13.6 Å². The number of para-hydroxylation sites is 1. The highest BCUT2D eigenvalue weighted by Gasteiger charge is 2.35. The molecule has 2 heterocycles. The lowest BCUT2D eigenvalue weighted by Crippen LogP contribution is -2.49. The SMILES string of the molecule is O=C(CN1CCN(c2ccccc2F)CC1)N1N=C(c2ccccc2Cl)CC1c1cccc(F)c1. The number of amides is 1. The first-order valence-corrected chi connectivity index (χ1v) is 12.0. The van der Waals surface area contributed by atoms with Gasteiger partial charge in [0.25, 0.3) is 5.91 Å². The van der Waals surface area contributed by atoms with Crippen molar-refractivity contribution in [3.8, 4) is 0 Å². The number of carbonyl (C=O) groups is 1. The first kappa shape index (κ1) is 23.5. The van der Waals surface area contributed by atoms with E-state index in [0.717, 1.165) is 5.56 Å². The number of hydrogen-bond acceptors (Lipinski definition) is 4. The molecular weight excluding hydrogens is 470 g/mol. The minimum absolute atomic E-state index is 0.166. The van der Waals surface area contributed by atoms with Crippen molar-refractivity contribution >= 4 is 28.9 Å². The molecule has 1 amide bonds. The first-order chi connectivity index (χ1) is 17.0. The third kappa shape index (κ3) is 5.06. The number of carbonyl (C=O) groups excluding carboxylic acids is 1. The van der Waals surface area contributed by atoms with Gasteiger partial charge in [0.05, 0.1) is 24.0 Å². The van der Waals surface area contributed by atoms with Gasteiger partial charge in [-0.15, -0.1) is 0 Å². The van der Waals surface area contributed by atoms with E-state index in [0.29, 0.717) is 54.6 Å². The highest BCUT2D eigenvalue weighted by molar-refractivity contribution is 6.34. The maximum Gasteiger partial charge on any atom is 0.257 e. The predicted molar refractivity (Wildman–Crippen MR) is 134 cm³/mol. The third-order valence-corrected chi connectivity index (χ3v) is 6.84. The smallest absolute Gasteiger partial charge is 0.257 e. The molecule has 1 unspecified atom stereocenters. The average molecular weight is 495 g/mol. The summed E-state index contributed by atoms with van der Waals surface area (Å²) in [6.07, 6.45) is 0.444. The summed E-state index contributed by atoms with van der Waals surface area (Å²) in [6.45, 7) is 2.67. The zero-order valence-electron chi connectivity index (χ0n) is 19.1. The van der Waals surface area contributed by atoms with E-state index in [1.165, 1.54) is 23.2 Å². The van der Waals surface area contributed by atoms with Gasteiger partial charge < -0.3 is 4.90 Å². The highest BCUT2D eigenvalue weighted by Crippen LogP contribution is 2.34. The Bertz CT molecular complexity index is 1260. The summed E-state index contributed by atoms with van der Waals surface area (Å²) in [5, 5.41) is 6.68. The molecule has 1 atom stereocenters. The highest BCUT2D eigenvalue weighted by atomic mass is 35.5. The Morgan fingerprint density at radius 3 is 2.43 bits per heavy atom. The molecule has 2 aliphatic rings. The van der Waals surface area contributed by atoms with Crippen LogP contribution >= 0.6 is 11.6 Å². The van der Waals surface area contributed by atoms with E-state index < -0.39 is 6.04 Å². The van der Waals surface area contributed by atoms with Gasteiger partial charge in [-0.05, 0) is 35.9 Å². The van der Waals surface area contributed by atoms with Gasteiger partial charge in [-0.3, -0.25) is 9.69 Å². The van der Waals surface area contributed by atoms with Crippen LogP contribution in [0.5, 0.6) is 0 Å². The fourth-order valence-corrected chi connectivity index (χ4v) is 4.94. The number of hydrogen-bond donors (Lipinski definition) is 0. The topological polar surface area (TPSA) is 39.2 Å². The Morgan fingerprint density at radius 1 is 0.943 bits per heavy atom. The molecule has 0 bridgehead atoms. The number of hydrazone groups is 1. The van der Waals surface area contributed by atoms with Crippen LogP contribution in [0.25, 0.3) is 0 Å². The largest absolute Gasteiger partial charge is 0.367 e. The summed E-state index contributed by atoms with van der Waals surface area (Å²) < 4.78 is 28.2. The van der Waals surface area contributed by atoms with Crippen LogP contribution in [0.3, 0.4) is 0 Å². The standard InChI is InChI=1S/C27H25ClF2N4O/c28-22-9-2-1-8-21(22)24-17-26(19-6-5-7-20(29)16-19)34(31-24)27(35)18-32-12-14-33(15-13-32)25-11-4-3-10-23(25)30/h1-11,16,26H,12-15,17-18H2. The van der Waals surface area contributed by atoms with Crippen molar-refractivity contribution in [1.29, 1.82) is 0 Å². The minimum atomic E-state index is -0.413. The minimum Gasteiger partial charge on any atom is -0.367 e. The molecule has 0 aliphatic carbocycles. The van der Waals surface area contributed by atoms with E-state index in [-0.39, 0.29) is 24.1 Å². The second-order valence-electron chi connectivity index (χ2n) is 8.75. The molecule has 3 aromatic carbocycles. The summed E-state index contributed by atoms with van der Waals surface area (Å²) in [7, 11) is 0. The molecule has 3 aromatic rings. The van der Waals surface area contributed by atoms with Gasteiger partial charge in [-0.2, -0.15) is 5.10 Å². The third-order valence-electron chi connectivity index (χ3n) is 6.51. The molecule has 5 rings (SSSR count). The molecule has 0 spiro atoms. The number of rotatable bonds is 5. The monoisotopic (exact) mass is 494 g/mol. The molecule has 0 N–H and O–H groups in total. The molecule has 5 nitrogen and oxygen atoms in total. The molecule has 0 radical (unpaired) electrons. The Balaban J connectivity index is 1.32. The Morgan fingerprint density at radius 2 is 1.69 bits per heavy atom. The summed E-state index contributed by atoms with van der Waals surface area (Å²) in [5.74, 6) is -0.764. The van der Waals surface area contributed by atoms with Crippen molar-refractivity contribution in [2.24, 2.45) is 5.10 Å². The Kier molecular flexibility index (Phi) is 6.79. The van der Waals surface area contributed by atoms with Crippen molar-refractivity contribution in [2.45, 2.75) is 12.5 Å². The fraction of sp³-hybridized carbons (Fsp3) is 0.259. The quantitative estimate of drug-likeness (QED) is 0.494. The number of piperazine rings is 1. The molecule has 1 saturated heterocycles. The van der Waals surface area contributed by atoms with E-state index in [1.54, 1.807) is 24.3 Å². The summed E-state index contributed by atoms with van der Waals surface area (Å²) >= 11 is 6.40. The molecule has 0 aromatic heterocycles. The van der Waals surface area contributed by atoms with Crippen LogP contribution in [0.2, 0.25) is 5.02 Å². The van der Waals surface area contributed by atoms with Crippen molar-refractivity contribution in [1.82, 2.24) is 9.91 Å². The van der Waals surface area contributed by atoms with Gasteiger partial charge in [-0.25, -0.2) is 13.8 Å². The molecule has 2 aliphatic heterocycles. The lowest BCUT2D eigenvalue weighted by molar-refractivity contribution is -0.134. The first-order valence-electron chi connectivity index (χ1n) is 11.6. The number of benzene rings is 3. The van der Waals surface area contributed by atoms with Crippen LogP contribution in [0.15, 0.2) is 77.9 Å². The van der Waals surface area contributed by atoms with E-state index in [4.69, 9.17) is 11.6 Å². The Hall–Kier alpha value is -3.29. The van der Waals surface area contributed by atoms with Crippen molar-refractivity contribution < 1.29 is 13.6 Å². The molecule has 8 heteroatoms.